The van der Waals surface area contributed by atoms with Crippen LogP contribution in [0, 0.1) is 5.92 Å². The van der Waals surface area contributed by atoms with Gasteiger partial charge in [0, 0.05) is 6.54 Å². The van der Waals surface area contributed by atoms with Crippen LogP contribution in [0.15, 0.2) is 30.3 Å². The molecule has 0 N–H and O–H groups in total. The Kier molecular flexibility index (Phi) is 4.92. The predicted octanol–water partition coefficient (Wildman–Crippen LogP) is 3.57. The summed E-state index contributed by atoms with van der Waals surface area (Å²) in [5.74, 6) is 0.853. The molecule has 2 nitrogen and oxygen atoms in total. The number of hydrogen-bond donors (Lipinski definition) is 0. The molecule has 1 aliphatic heterocycles. The number of carbonyl (C=O) groups excluding carboxylic acids is 1. The number of rotatable bonds is 5. The van der Waals surface area contributed by atoms with Crippen LogP contribution < -0.4 is 0 Å². The zero-order valence-corrected chi connectivity index (χ0v) is 12.8. The Morgan fingerprint density at radius 2 is 1.95 bits per heavy atom. The maximum Gasteiger partial charge on any atom is 0.236 e. The molecule has 2 atom stereocenters. The summed E-state index contributed by atoms with van der Waals surface area (Å²) in [6.07, 6.45) is 2.10. The van der Waals surface area contributed by atoms with Gasteiger partial charge in [0.15, 0.2) is 0 Å². The van der Waals surface area contributed by atoms with Crippen molar-refractivity contribution < 1.29 is 4.79 Å². The molecular weight excluding hydrogens is 254 g/mol. The summed E-state index contributed by atoms with van der Waals surface area (Å²) in [5, 5.41) is 0.477. The average Bonchev–Trinajstić information content (AvgIpc) is 2.65. The van der Waals surface area contributed by atoms with Gasteiger partial charge in [0.25, 0.3) is 0 Å². The van der Waals surface area contributed by atoms with E-state index in [1.54, 1.807) is 0 Å². The highest BCUT2D eigenvalue weighted by atomic mass is 32.2. The van der Waals surface area contributed by atoms with E-state index in [1.807, 2.05) is 24.8 Å². The van der Waals surface area contributed by atoms with Gasteiger partial charge < -0.3 is 4.90 Å². The maximum absolute atomic E-state index is 12.2. The van der Waals surface area contributed by atoms with Crippen molar-refractivity contribution in [2.45, 2.75) is 44.2 Å². The summed E-state index contributed by atoms with van der Waals surface area (Å²) >= 11 is 1.82. The van der Waals surface area contributed by atoms with Crippen molar-refractivity contribution in [1.82, 2.24) is 4.90 Å². The monoisotopic (exact) mass is 277 g/mol. The Bertz CT molecular complexity index is 418. The molecule has 1 saturated heterocycles. The smallest absolute Gasteiger partial charge is 0.236 e. The van der Waals surface area contributed by atoms with E-state index in [1.165, 1.54) is 5.56 Å². The third-order valence-corrected chi connectivity index (χ3v) is 4.84. The second-order valence-corrected chi connectivity index (χ2v) is 7.17. The van der Waals surface area contributed by atoms with Gasteiger partial charge >= 0.3 is 0 Å². The van der Waals surface area contributed by atoms with Gasteiger partial charge in [-0.1, -0.05) is 44.2 Å². The highest BCUT2D eigenvalue weighted by Gasteiger charge is 2.37. The molecule has 0 bridgehead atoms. The van der Waals surface area contributed by atoms with E-state index < -0.39 is 0 Å². The van der Waals surface area contributed by atoms with E-state index >= 15 is 0 Å². The molecule has 2 rings (SSSR count). The van der Waals surface area contributed by atoms with E-state index in [0.717, 1.165) is 19.4 Å². The number of amides is 1. The van der Waals surface area contributed by atoms with E-state index in [-0.39, 0.29) is 5.25 Å². The van der Waals surface area contributed by atoms with Crippen LogP contribution in [0.3, 0.4) is 0 Å². The van der Waals surface area contributed by atoms with Gasteiger partial charge in [-0.05, 0) is 31.2 Å². The normalized spacial score (nSPS) is 23.4. The van der Waals surface area contributed by atoms with Crippen molar-refractivity contribution in [3.05, 3.63) is 35.9 Å². The van der Waals surface area contributed by atoms with Crippen LogP contribution in [0.2, 0.25) is 0 Å². The molecule has 104 valence electrons. The fraction of sp³-hybridized carbons (Fsp3) is 0.562. The maximum atomic E-state index is 12.2. The van der Waals surface area contributed by atoms with Crippen LogP contribution in [0.4, 0.5) is 0 Å². The molecule has 1 fully saturated rings. The van der Waals surface area contributed by atoms with Crippen molar-refractivity contribution in [2.24, 2.45) is 5.92 Å². The average molecular weight is 277 g/mol. The molecule has 0 aromatic heterocycles. The lowest BCUT2D eigenvalue weighted by Crippen LogP contribution is -2.37. The van der Waals surface area contributed by atoms with E-state index in [0.29, 0.717) is 17.2 Å². The lowest BCUT2D eigenvalue weighted by Gasteiger charge is -2.25. The minimum absolute atomic E-state index is 0.125. The summed E-state index contributed by atoms with van der Waals surface area (Å²) in [6, 6.07) is 10.5. The van der Waals surface area contributed by atoms with Crippen molar-refractivity contribution >= 4 is 17.7 Å². The highest BCUT2D eigenvalue weighted by molar-refractivity contribution is 8.01. The van der Waals surface area contributed by atoms with E-state index in [9.17, 15) is 4.79 Å². The van der Waals surface area contributed by atoms with Gasteiger partial charge in [-0.15, -0.1) is 11.8 Å². The van der Waals surface area contributed by atoms with Gasteiger partial charge in [-0.2, -0.15) is 0 Å². The Labute approximate surface area is 120 Å². The van der Waals surface area contributed by atoms with Crippen molar-refractivity contribution in [3.63, 3.8) is 0 Å². The summed E-state index contributed by atoms with van der Waals surface area (Å²) in [7, 11) is 0. The molecule has 0 radical (unpaired) electrons. The quantitative estimate of drug-likeness (QED) is 0.820. The second-order valence-electron chi connectivity index (χ2n) is 5.64. The second kappa shape index (κ2) is 6.47. The zero-order chi connectivity index (χ0) is 13.8. The first-order valence-electron chi connectivity index (χ1n) is 7.08. The third-order valence-electron chi connectivity index (χ3n) is 3.42. The number of nitrogens with zero attached hydrogens (tertiary/aromatic N) is 1. The minimum atomic E-state index is 0.125. The minimum Gasteiger partial charge on any atom is -0.329 e. The molecular formula is C16H23NOS. The predicted molar refractivity (Wildman–Crippen MR) is 82.2 cm³/mol. The van der Waals surface area contributed by atoms with Crippen molar-refractivity contribution in [1.29, 1.82) is 0 Å². The lowest BCUT2D eigenvalue weighted by atomic mass is 10.1. The van der Waals surface area contributed by atoms with Gasteiger partial charge in [-0.3, -0.25) is 4.79 Å². The Morgan fingerprint density at radius 1 is 1.26 bits per heavy atom. The Morgan fingerprint density at radius 3 is 2.58 bits per heavy atom. The van der Waals surface area contributed by atoms with Crippen LogP contribution in [0.25, 0.3) is 0 Å². The van der Waals surface area contributed by atoms with Gasteiger partial charge in [0.05, 0.1) is 10.6 Å². The molecule has 0 spiro atoms. The Hall–Kier alpha value is -0.960. The first kappa shape index (κ1) is 14.4. The molecule has 1 aromatic carbocycles. The van der Waals surface area contributed by atoms with Gasteiger partial charge in [0.2, 0.25) is 5.91 Å². The topological polar surface area (TPSA) is 20.3 Å². The number of carbonyl (C=O) groups is 1. The van der Waals surface area contributed by atoms with Crippen LogP contribution in [0.5, 0.6) is 0 Å². The summed E-state index contributed by atoms with van der Waals surface area (Å²) < 4.78 is 0. The number of aryl methyl sites for hydroxylation is 1. The molecule has 1 heterocycles. The summed E-state index contributed by atoms with van der Waals surface area (Å²) in [5.41, 5.74) is 1.36. The molecule has 1 amide bonds. The molecule has 0 aliphatic carbocycles. The molecule has 2 unspecified atom stereocenters. The first-order valence-corrected chi connectivity index (χ1v) is 8.02. The molecule has 3 heteroatoms. The van der Waals surface area contributed by atoms with Crippen LogP contribution in [-0.2, 0) is 11.2 Å². The van der Waals surface area contributed by atoms with Gasteiger partial charge in [-0.25, -0.2) is 0 Å². The standard InChI is InChI=1S/C16H23NOS/c1-12(2)11-17-15(19-13(3)16(17)18)10-9-14-7-5-4-6-8-14/h4-8,12-13,15H,9-11H2,1-3H3. The van der Waals surface area contributed by atoms with Crippen LogP contribution >= 0.6 is 11.8 Å². The van der Waals surface area contributed by atoms with Crippen LogP contribution in [0.1, 0.15) is 32.8 Å². The Balaban J connectivity index is 1.96. The summed E-state index contributed by atoms with van der Waals surface area (Å²) in [6.45, 7) is 7.27. The van der Waals surface area contributed by atoms with Gasteiger partial charge in [0.1, 0.15) is 0 Å². The van der Waals surface area contributed by atoms with Crippen molar-refractivity contribution in [2.75, 3.05) is 6.54 Å². The largest absolute Gasteiger partial charge is 0.329 e. The van der Waals surface area contributed by atoms with E-state index in [4.69, 9.17) is 0 Å². The third kappa shape index (κ3) is 3.75. The number of benzene rings is 1. The SMILES string of the molecule is CC(C)CN1C(=O)C(C)SC1CCc1ccccc1. The summed E-state index contributed by atoms with van der Waals surface area (Å²) in [4.78, 5) is 14.3. The van der Waals surface area contributed by atoms with Crippen molar-refractivity contribution in [3.8, 4) is 0 Å². The molecule has 0 saturated carbocycles. The first-order chi connectivity index (χ1) is 9.08. The lowest BCUT2D eigenvalue weighted by molar-refractivity contribution is -0.130. The fourth-order valence-corrected chi connectivity index (χ4v) is 3.82. The zero-order valence-electron chi connectivity index (χ0n) is 12.0. The highest BCUT2D eigenvalue weighted by Crippen LogP contribution is 2.34. The number of thioether (sulfide) groups is 1. The van der Waals surface area contributed by atoms with Crippen LogP contribution in [-0.4, -0.2) is 28.0 Å². The number of hydrogen-bond acceptors (Lipinski definition) is 2. The molecule has 1 aromatic rings. The molecule has 19 heavy (non-hydrogen) atoms. The fourth-order valence-electron chi connectivity index (χ4n) is 2.50. The van der Waals surface area contributed by atoms with E-state index in [2.05, 4.69) is 43.0 Å². The molecule has 1 aliphatic rings.